The maximum absolute atomic E-state index is 5.30. The van der Waals surface area contributed by atoms with Crippen LogP contribution in [-0.2, 0) is 0 Å². The van der Waals surface area contributed by atoms with E-state index in [1.165, 1.54) is 5.56 Å². The minimum absolute atomic E-state index is 0.561. The van der Waals surface area contributed by atoms with Crippen LogP contribution in [-0.4, -0.2) is 14.8 Å². The van der Waals surface area contributed by atoms with Crippen molar-refractivity contribution in [3.63, 3.8) is 0 Å². The van der Waals surface area contributed by atoms with E-state index >= 15 is 0 Å². The Morgan fingerprint density at radius 3 is 2.65 bits per heavy atom. The zero-order chi connectivity index (χ0) is 13.9. The van der Waals surface area contributed by atoms with Gasteiger partial charge < -0.3 is 5.32 Å². The number of rotatable bonds is 3. The highest BCUT2D eigenvalue weighted by atomic mass is 32.1. The summed E-state index contributed by atoms with van der Waals surface area (Å²) in [5.74, 6) is 0.673. The van der Waals surface area contributed by atoms with Gasteiger partial charge in [0.05, 0.1) is 5.69 Å². The van der Waals surface area contributed by atoms with Gasteiger partial charge in [-0.25, -0.2) is 5.10 Å². The minimum atomic E-state index is 0.561. The maximum atomic E-state index is 5.30. The number of aromatic amines is 1. The van der Waals surface area contributed by atoms with E-state index in [4.69, 9.17) is 12.2 Å². The normalized spacial score (nSPS) is 10.4. The molecule has 3 aromatic rings. The number of aryl methyl sites for hydroxylation is 1. The lowest BCUT2D eigenvalue weighted by atomic mass is 10.2. The molecule has 0 spiro atoms. The zero-order valence-electron chi connectivity index (χ0n) is 11.0. The van der Waals surface area contributed by atoms with Crippen molar-refractivity contribution < 1.29 is 0 Å². The van der Waals surface area contributed by atoms with Crippen LogP contribution in [0.2, 0.25) is 0 Å². The van der Waals surface area contributed by atoms with Crippen molar-refractivity contribution in [1.82, 2.24) is 14.8 Å². The molecule has 0 saturated heterocycles. The molecule has 2 aromatic carbocycles. The average molecular weight is 282 g/mol. The van der Waals surface area contributed by atoms with Gasteiger partial charge in [-0.1, -0.05) is 30.3 Å². The van der Waals surface area contributed by atoms with Crippen LogP contribution in [0.4, 0.5) is 11.6 Å². The van der Waals surface area contributed by atoms with Crippen LogP contribution in [0.3, 0.4) is 0 Å². The molecule has 0 aliphatic heterocycles. The third-order valence-electron chi connectivity index (χ3n) is 2.96. The second-order valence-electron chi connectivity index (χ2n) is 4.52. The molecule has 0 radical (unpaired) electrons. The predicted molar refractivity (Wildman–Crippen MR) is 83.2 cm³/mol. The molecule has 5 heteroatoms. The van der Waals surface area contributed by atoms with E-state index in [1.54, 1.807) is 0 Å². The Hall–Kier alpha value is -2.40. The van der Waals surface area contributed by atoms with Crippen LogP contribution in [0.5, 0.6) is 0 Å². The van der Waals surface area contributed by atoms with Crippen molar-refractivity contribution in [2.45, 2.75) is 6.92 Å². The number of H-pyrrole nitrogens is 1. The lowest BCUT2D eigenvalue weighted by Gasteiger charge is -2.09. The number of nitrogens with one attached hydrogen (secondary N) is 2. The van der Waals surface area contributed by atoms with E-state index in [0.29, 0.717) is 10.7 Å². The van der Waals surface area contributed by atoms with Crippen molar-refractivity contribution >= 4 is 23.9 Å². The van der Waals surface area contributed by atoms with E-state index in [9.17, 15) is 0 Å². The van der Waals surface area contributed by atoms with Gasteiger partial charge in [0.1, 0.15) is 0 Å². The van der Waals surface area contributed by atoms with Crippen LogP contribution in [0, 0.1) is 11.7 Å². The van der Waals surface area contributed by atoms with Gasteiger partial charge in [0.2, 0.25) is 10.7 Å². The first kappa shape index (κ1) is 12.6. The van der Waals surface area contributed by atoms with Gasteiger partial charge in [0, 0.05) is 5.69 Å². The van der Waals surface area contributed by atoms with Gasteiger partial charge in [-0.2, -0.15) is 0 Å². The topological polar surface area (TPSA) is 45.6 Å². The minimum Gasteiger partial charge on any atom is -0.324 e. The first-order valence-electron chi connectivity index (χ1n) is 6.30. The van der Waals surface area contributed by atoms with Gasteiger partial charge in [0.15, 0.2) is 0 Å². The Kier molecular flexibility index (Phi) is 3.35. The Morgan fingerprint density at radius 2 is 1.90 bits per heavy atom. The number of benzene rings is 2. The molecule has 0 saturated carbocycles. The Bertz CT molecular complexity index is 774. The Labute approximate surface area is 122 Å². The first-order valence-corrected chi connectivity index (χ1v) is 6.71. The molecule has 1 heterocycles. The molecular weight excluding hydrogens is 268 g/mol. The molecule has 0 atom stereocenters. The standard InChI is InChI=1S/C15H14N4S/c1-11-6-5-7-12(10-11)16-14-17-18-15(20)19(14)13-8-3-2-4-9-13/h2-10H,1H3,(H,16,17)(H,18,20). The van der Waals surface area contributed by atoms with E-state index in [1.807, 2.05) is 47.0 Å². The number of aromatic nitrogens is 3. The summed E-state index contributed by atoms with van der Waals surface area (Å²) in [5.41, 5.74) is 3.15. The number of hydrogen-bond acceptors (Lipinski definition) is 3. The summed E-state index contributed by atoms with van der Waals surface area (Å²) >= 11 is 5.30. The van der Waals surface area contributed by atoms with E-state index < -0.39 is 0 Å². The van der Waals surface area contributed by atoms with Crippen molar-refractivity contribution in [3.8, 4) is 5.69 Å². The van der Waals surface area contributed by atoms with Crippen LogP contribution in [0.25, 0.3) is 5.69 Å². The molecule has 3 rings (SSSR count). The molecule has 100 valence electrons. The summed E-state index contributed by atoms with van der Waals surface area (Å²) in [4.78, 5) is 0. The fourth-order valence-corrected chi connectivity index (χ4v) is 2.29. The number of nitrogens with zero attached hydrogens (tertiary/aromatic N) is 2. The molecule has 1 aromatic heterocycles. The second-order valence-corrected chi connectivity index (χ2v) is 4.90. The monoisotopic (exact) mass is 282 g/mol. The van der Waals surface area contributed by atoms with Crippen molar-refractivity contribution in [2.24, 2.45) is 0 Å². The summed E-state index contributed by atoms with van der Waals surface area (Å²) in [6.45, 7) is 2.06. The highest BCUT2D eigenvalue weighted by Crippen LogP contribution is 2.19. The Morgan fingerprint density at radius 1 is 1.10 bits per heavy atom. The highest BCUT2D eigenvalue weighted by Gasteiger charge is 2.08. The molecule has 2 N–H and O–H groups in total. The largest absolute Gasteiger partial charge is 0.324 e. The van der Waals surface area contributed by atoms with E-state index in [-0.39, 0.29) is 0 Å². The molecule has 0 aliphatic rings. The maximum Gasteiger partial charge on any atom is 0.232 e. The van der Waals surface area contributed by atoms with Gasteiger partial charge in [-0.05, 0) is 49.0 Å². The summed E-state index contributed by atoms with van der Waals surface area (Å²) < 4.78 is 2.43. The van der Waals surface area contributed by atoms with Gasteiger partial charge in [-0.3, -0.25) is 4.57 Å². The molecule has 4 nitrogen and oxygen atoms in total. The van der Waals surface area contributed by atoms with Crippen LogP contribution in [0.15, 0.2) is 54.6 Å². The lowest BCUT2D eigenvalue weighted by Crippen LogP contribution is -2.01. The van der Waals surface area contributed by atoms with Crippen molar-refractivity contribution in [1.29, 1.82) is 0 Å². The predicted octanol–water partition coefficient (Wildman–Crippen LogP) is 3.98. The van der Waals surface area contributed by atoms with Crippen LogP contribution >= 0.6 is 12.2 Å². The molecule has 0 amide bonds. The van der Waals surface area contributed by atoms with Crippen molar-refractivity contribution in [2.75, 3.05) is 5.32 Å². The van der Waals surface area contributed by atoms with Gasteiger partial charge >= 0.3 is 0 Å². The molecule has 20 heavy (non-hydrogen) atoms. The van der Waals surface area contributed by atoms with Gasteiger partial charge in [0.25, 0.3) is 0 Å². The second kappa shape index (κ2) is 5.30. The number of anilines is 2. The fourth-order valence-electron chi connectivity index (χ4n) is 2.05. The summed E-state index contributed by atoms with van der Waals surface area (Å²) in [5, 5.41) is 10.4. The van der Waals surface area contributed by atoms with Crippen LogP contribution < -0.4 is 5.32 Å². The Balaban J connectivity index is 2.02. The molecular formula is C15H14N4S. The lowest BCUT2D eigenvalue weighted by molar-refractivity contribution is 1.03. The third kappa shape index (κ3) is 2.48. The average Bonchev–Trinajstić information content (AvgIpc) is 2.81. The summed E-state index contributed by atoms with van der Waals surface area (Å²) in [6.07, 6.45) is 0. The fraction of sp³-hybridized carbons (Fsp3) is 0.0667. The summed E-state index contributed by atoms with van der Waals surface area (Å²) in [6, 6.07) is 18.0. The van der Waals surface area contributed by atoms with E-state index in [2.05, 4.69) is 34.6 Å². The molecule has 0 unspecified atom stereocenters. The SMILES string of the molecule is Cc1cccc(Nc2n[nH]c(=S)n2-c2ccccc2)c1. The molecule has 0 fully saturated rings. The van der Waals surface area contributed by atoms with Gasteiger partial charge in [-0.15, -0.1) is 5.10 Å². The third-order valence-corrected chi connectivity index (χ3v) is 3.23. The smallest absolute Gasteiger partial charge is 0.232 e. The number of hydrogen-bond donors (Lipinski definition) is 2. The first-order chi connectivity index (χ1) is 9.74. The van der Waals surface area contributed by atoms with Crippen LogP contribution in [0.1, 0.15) is 5.56 Å². The van der Waals surface area contributed by atoms with E-state index in [0.717, 1.165) is 11.4 Å². The van der Waals surface area contributed by atoms with Crippen molar-refractivity contribution in [3.05, 3.63) is 64.9 Å². The number of para-hydroxylation sites is 1. The zero-order valence-corrected chi connectivity index (χ0v) is 11.8. The molecule has 0 bridgehead atoms. The highest BCUT2D eigenvalue weighted by molar-refractivity contribution is 7.71. The quantitative estimate of drug-likeness (QED) is 0.714. The molecule has 0 aliphatic carbocycles. The summed E-state index contributed by atoms with van der Waals surface area (Å²) in [7, 11) is 0.